The molecule has 1 aliphatic heterocycles. The smallest absolute Gasteiger partial charge is 0.270 e. The highest BCUT2D eigenvalue weighted by Crippen LogP contribution is 2.23. The third-order valence-electron chi connectivity index (χ3n) is 5.75. The van der Waals surface area contributed by atoms with Crippen molar-refractivity contribution in [3.05, 3.63) is 48.3 Å². The molecule has 148 valence electrons. The van der Waals surface area contributed by atoms with Gasteiger partial charge < -0.3 is 19.9 Å². The summed E-state index contributed by atoms with van der Waals surface area (Å²) in [5.74, 6) is 0.827. The van der Waals surface area contributed by atoms with Gasteiger partial charge in [-0.25, -0.2) is 4.98 Å². The summed E-state index contributed by atoms with van der Waals surface area (Å²) in [6.45, 7) is 3.77. The van der Waals surface area contributed by atoms with E-state index in [2.05, 4.69) is 32.2 Å². The Morgan fingerprint density at radius 2 is 1.57 bits per heavy atom. The Kier molecular flexibility index (Phi) is 5.65. The maximum Gasteiger partial charge on any atom is 0.270 e. The van der Waals surface area contributed by atoms with E-state index < -0.39 is 0 Å². The molecule has 4 rings (SSSR count). The van der Waals surface area contributed by atoms with Crippen LogP contribution in [0.2, 0.25) is 0 Å². The van der Waals surface area contributed by atoms with Crippen LogP contribution in [0.25, 0.3) is 0 Å². The van der Waals surface area contributed by atoms with Gasteiger partial charge in [-0.2, -0.15) is 0 Å². The van der Waals surface area contributed by atoms with Gasteiger partial charge in [-0.1, -0.05) is 12.8 Å². The largest absolute Gasteiger partial charge is 0.497 e. The highest BCUT2D eigenvalue weighted by Gasteiger charge is 2.20. The highest BCUT2D eigenvalue weighted by atomic mass is 16.5. The van der Waals surface area contributed by atoms with E-state index in [0.717, 1.165) is 50.5 Å². The number of pyridine rings is 1. The molecule has 2 heterocycles. The molecule has 28 heavy (non-hydrogen) atoms. The highest BCUT2D eigenvalue weighted by molar-refractivity contribution is 5.92. The van der Waals surface area contributed by atoms with Gasteiger partial charge in [0.1, 0.15) is 11.4 Å². The molecule has 2 aliphatic rings. The first-order valence-corrected chi connectivity index (χ1v) is 10.1. The molecule has 1 amide bonds. The lowest BCUT2D eigenvalue weighted by molar-refractivity contribution is 0.0933. The Bertz CT molecular complexity index is 777. The van der Waals surface area contributed by atoms with Crippen molar-refractivity contribution in [1.29, 1.82) is 0 Å². The number of benzene rings is 1. The number of hydrogen-bond acceptors (Lipinski definition) is 5. The van der Waals surface area contributed by atoms with Gasteiger partial charge in [0.15, 0.2) is 0 Å². The van der Waals surface area contributed by atoms with Crippen LogP contribution in [0.4, 0.5) is 11.4 Å². The quantitative estimate of drug-likeness (QED) is 0.864. The van der Waals surface area contributed by atoms with E-state index in [4.69, 9.17) is 4.74 Å². The Labute approximate surface area is 166 Å². The maximum absolute atomic E-state index is 12.3. The van der Waals surface area contributed by atoms with Crippen LogP contribution in [0.1, 0.15) is 36.2 Å². The van der Waals surface area contributed by atoms with Gasteiger partial charge in [0.2, 0.25) is 0 Å². The average Bonchev–Trinajstić information content (AvgIpc) is 3.27. The van der Waals surface area contributed by atoms with Crippen molar-refractivity contribution in [3.8, 4) is 5.75 Å². The minimum Gasteiger partial charge on any atom is -0.497 e. The van der Waals surface area contributed by atoms with Gasteiger partial charge in [-0.15, -0.1) is 0 Å². The predicted molar refractivity (Wildman–Crippen MR) is 111 cm³/mol. The van der Waals surface area contributed by atoms with Gasteiger partial charge in [-0.3, -0.25) is 4.79 Å². The number of carbonyl (C=O) groups excluding carboxylic acids is 1. The number of nitrogens with zero attached hydrogens (tertiary/aromatic N) is 3. The molecule has 0 radical (unpaired) electrons. The van der Waals surface area contributed by atoms with Crippen molar-refractivity contribution in [2.75, 3.05) is 43.1 Å². The van der Waals surface area contributed by atoms with Crippen LogP contribution in [0.15, 0.2) is 42.6 Å². The number of methoxy groups -OCH3 is 1. The minimum atomic E-state index is -0.0530. The first-order valence-electron chi connectivity index (χ1n) is 10.1. The average molecular weight is 380 g/mol. The van der Waals surface area contributed by atoms with Crippen molar-refractivity contribution in [3.63, 3.8) is 0 Å². The second-order valence-electron chi connectivity index (χ2n) is 7.53. The normalized spacial score (nSPS) is 17.6. The van der Waals surface area contributed by atoms with Crippen LogP contribution in [-0.2, 0) is 0 Å². The molecule has 1 N–H and O–H groups in total. The predicted octanol–water partition coefficient (Wildman–Crippen LogP) is 3.09. The topological polar surface area (TPSA) is 57.7 Å². The van der Waals surface area contributed by atoms with E-state index in [1.807, 2.05) is 30.5 Å². The van der Waals surface area contributed by atoms with Gasteiger partial charge in [0, 0.05) is 37.9 Å². The fraction of sp³-hybridized carbons (Fsp3) is 0.455. The van der Waals surface area contributed by atoms with Crippen molar-refractivity contribution in [1.82, 2.24) is 10.3 Å². The molecule has 1 aromatic carbocycles. The molecule has 1 saturated heterocycles. The van der Waals surface area contributed by atoms with E-state index in [0.29, 0.717) is 11.7 Å². The lowest BCUT2D eigenvalue weighted by atomic mass is 10.2. The molecule has 0 atom stereocenters. The Hall–Kier alpha value is -2.76. The molecule has 1 saturated carbocycles. The number of aromatic nitrogens is 1. The lowest BCUT2D eigenvalue weighted by Crippen LogP contribution is -2.46. The van der Waals surface area contributed by atoms with Crippen LogP contribution in [0.5, 0.6) is 5.75 Å². The van der Waals surface area contributed by atoms with E-state index in [9.17, 15) is 4.79 Å². The number of amides is 1. The molecule has 0 unspecified atom stereocenters. The Morgan fingerprint density at radius 3 is 2.14 bits per heavy atom. The van der Waals surface area contributed by atoms with Gasteiger partial charge in [-0.05, 0) is 49.2 Å². The third-order valence-corrected chi connectivity index (χ3v) is 5.75. The van der Waals surface area contributed by atoms with E-state index in [-0.39, 0.29) is 5.91 Å². The summed E-state index contributed by atoms with van der Waals surface area (Å²) in [5.41, 5.74) is 2.80. The van der Waals surface area contributed by atoms with Crippen molar-refractivity contribution in [2.45, 2.75) is 31.7 Å². The SMILES string of the molecule is COc1ccc(N2CCN(c3ccc(C(=O)NC4CCCC4)nc3)CC2)cc1. The summed E-state index contributed by atoms with van der Waals surface area (Å²) in [7, 11) is 1.69. The zero-order chi connectivity index (χ0) is 19.3. The number of nitrogens with one attached hydrogen (secondary N) is 1. The summed E-state index contributed by atoms with van der Waals surface area (Å²) in [5, 5.41) is 3.10. The molecule has 2 aromatic rings. The maximum atomic E-state index is 12.3. The zero-order valence-electron chi connectivity index (χ0n) is 16.4. The molecule has 6 heteroatoms. The van der Waals surface area contributed by atoms with Crippen LogP contribution in [0, 0.1) is 0 Å². The molecular weight excluding hydrogens is 352 g/mol. The summed E-state index contributed by atoms with van der Waals surface area (Å²) in [6, 6.07) is 12.4. The third kappa shape index (κ3) is 4.21. The molecule has 1 aromatic heterocycles. The zero-order valence-corrected chi connectivity index (χ0v) is 16.4. The fourth-order valence-corrected chi connectivity index (χ4v) is 4.05. The first kappa shape index (κ1) is 18.6. The van der Waals surface area contributed by atoms with E-state index in [1.165, 1.54) is 18.5 Å². The summed E-state index contributed by atoms with van der Waals surface area (Å²) < 4.78 is 5.23. The van der Waals surface area contributed by atoms with Crippen molar-refractivity contribution in [2.24, 2.45) is 0 Å². The molecule has 0 bridgehead atoms. The van der Waals surface area contributed by atoms with E-state index in [1.54, 1.807) is 7.11 Å². The molecule has 0 spiro atoms. The molecule has 2 fully saturated rings. The second kappa shape index (κ2) is 8.50. The lowest BCUT2D eigenvalue weighted by Gasteiger charge is -2.37. The molecule has 1 aliphatic carbocycles. The van der Waals surface area contributed by atoms with Crippen molar-refractivity contribution < 1.29 is 9.53 Å². The van der Waals surface area contributed by atoms with Crippen LogP contribution in [0.3, 0.4) is 0 Å². The Balaban J connectivity index is 1.32. The van der Waals surface area contributed by atoms with Crippen LogP contribution >= 0.6 is 0 Å². The standard InChI is InChI=1S/C22H28N4O2/c1-28-20-9-6-18(7-10-20)25-12-14-26(15-13-25)19-8-11-21(23-16-19)22(27)24-17-4-2-3-5-17/h6-11,16-17H,2-5,12-15H2,1H3,(H,24,27). The van der Waals surface area contributed by atoms with Crippen LogP contribution < -0.4 is 19.9 Å². The minimum absolute atomic E-state index is 0.0530. The number of piperazine rings is 1. The second-order valence-corrected chi connectivity index (χ2v) is 7.53. The monoisotopic (exact) mass is 380 g/mol. The number of hydrogen-bond donors (Lipinski definition) is 1. The van der Waals surface area contributed by atoms with Crippen molar-refractivity contribution >= 4 is 17.3 Å². The summed E-state index contributed by atoms with van der Waals surface area (Å²) in [6.07, 6.45) is 6.41. The summed E-state index contributed by atoms with van der Waals surface area (Å²) >= 11 is 0. The van der Waals surface area contributed by atoms with Crippen LogP contribution in [-0.4, -0.2) is 50.2 Å². The molecule has 6 nitrogen and oxygen atoms in total. The molecular formula is C22H28N4O2. The van der Waals surface area contributed by atoms with E-state index >= 15 is 0 Å². The Morgan fingerprint density at radius 1 is 0.964 bits per heavy atom. The number of rotatable bonds is 5. The first-order chi connectivity index (χ1) is 13.7. The fourth-order valence-electron chi connectivity index (χ4n) is 4.05. The number of ether oxygens (including phenoxy) is 1. The van der Waals surface area contributed by atoms with Gasteiger partial charge >= 0.3 is 0 Å². The number of anilines is 2. The number of carbonyl (C=O) groups is 1. The van der Waals surface area contributed by atoms with Gasteiger partial charge in [0.05, 0.1) is 19.0 Å². The van der Waals surface area contributed by atoms with Gasteiger partial charge in [0.25, 0.3) is 5.91 Å². The summed E-state index contributed by atoms with van der Waals surface area (Å²) in [4.78, 5) is 21.4.